The van der Waals surface area contributed by atoms with E-state index < -0.39 is 23.3 Å². The molecule has 0 radical (unpaired) electrons. The largest absolute Gasteiger partial charge is 0.444 e. The monoisotopic (exact) mass is 274 g/mol. The van der Waals surface area contributed by atoms with Gasteiger partial charge in [-0.1, -0.05) is 6.92 Å². The van der Waals surface area contributed by atoms with Gasteiger partial charge in [0.15, 0.2) is 0 Å². The van der Waals surface area contributed by atoms with Crippen molar-refractivity contribution in [3.8, 4) is 0 Å². The molecule has 1 saturated heterocycles. The number of oxime groups is 1. The third-order valence-corrected chi connectivity index (χ3v) is 3.48. The van der Waals surface area contributed by atoms with Crippen molar-refractivity contribution < 1.29 is 19.1 Å². The van der Waals surface area contributed by atoms with E-state index in [0.717, 1.165) is 0 Å². The zero-order valence-corrected chi connectivity index (χ0v) is 12.0. The van der Waals surface area contributed by atoms with E-state index in [1.807, 2.05) is 6.92 Å². The molecular weight excluding hydrogens is 251 g/mol. The smallest absolute Gasteiger partial charge is 0.410 e. The van der Waals surface area contributed by atoms with Crippen molar-refractivity contribution in [2.75, 3.05) is 13.1 Å². The Morgan fingerprint density at radius 3 is 2.68 bits per heavy atom. The van der Waals surface area contributed by atoms with Gasteiger partial charge in [-0.3, -0.25) is 0 Å². The van der Waals surface area contributed by atoms with Gasteiger partial charge in [0.05, 0.1) is 12.8 Å². The lowest BCUT2D eigenvalue weighted by molar-refractivity contribution is -0.00306. The molecule has 2 atom stereocenters. The van der Waals surface area contributed by atoms with E-state index in [0.29, 0.717) is 19.4 Å². The van der Waals surface area contributed by atoms with Gasteiger partial charge in [0.25, 0.3) is 0 Å². The molecular formula is C13H23FN2O3. The first-order chi connectivity index (χ1) is 8.74. The van der Waals surface area contributed by atoms with Crippen LogP contribution in [0.2, 0.25) is 0 Å². The predicted octanol–water partition coefficient (Wildman–Crippen LogP) is 2.82. The Hall–Kier alpha value is -1.33. The van der Waals surface area contributed by atoms with Crippen molar-refractivity contribution in [1.29, 1.82) is 0 Å². The first kappa shape index (κ1) is 15.7. The maximum atomic E-state index is 14.3. The van der Waals surface area contributed by atoms with Crippen LogP contribution in [0, 0.1) is 5.41 Å². The molecule has 2 unspecified atom stereocenters. The first-order valence-corrected chi connectivity index (χ1v) is 6.54. The van der Waals surface area contributed by atoms with Crippen molar-refractivity contribution in [3.63, 3.8) is 0 Å². The number of hydrogen-bond acceptors (Lipinski definition) is 4. The molecule has 0 bridgehead atoms. The summed E-state index contributed by atoms with van der Waals surface area (Å²) in [4.78, 5) is 13.2. The summed E-state index contributed by atoms with van der Waals surface area (Å²) in [6, 6.07) is 0. The van der Waals surface area contributed by atoms with Gasteiger partial charge in [-0.05, 0) is 33.6 Å². The third-order valence-electron chi connectivity index (χ3n) is 3.48. The zero-order chi connectivity index (χ0) is 14.7. The molecule has 0 aromatic heterocycles. The molecule has 1 aliphatic rings. The molecule has 0 saturated carbocycles. The van der Waals surface area contributed by atoms with E-state index in [1.165, 1.54) is 11.1 Å². The number of ether oxygens (including phenoxy) is 1. The molecule has 1 N–H and O–H groups in total. The number of carbonyl (C=O) groups is 1. The van der Waals surface area contributed by atoms with Crippen molar-refractivity contribution >= 4 is 12.3 Å². The second kappa shape index (κ2) is 5.75. The summed E-state index contributed by atoms with van der Waals surface area (Å²) < 4.78 is 19.5. The van der Waals surface area contributed by atoms with Crippen LogP contribution in [0.1, 0.15) is 40.5 Å². The van der Waals surface area contributed by atoms with Crippen LogP contribution in [-0.4, -0.2) is 47.3 Å². The van der Waals surface area contributed by atoms with E-state index in [1.54, 1.807) is 20.8 Å². The van der Waals surface area contributed by atoms with Crippen LogP contribution >= 0.6 is 0 Å². The summed E-state index contributed by atoms with van der Waals surface area (Å²) >= 11 is 0. The number of nitrogens with zero attached hydrogens (tertiary/aromatic N) is 2. The molecule has 6 heteroatoms. The van der Waals surface area contributed by atoms with Gasteiger partial charge in [-0.25, -0.2) is 9.18 Å². The Morgan fingerprint density at radius 2 is 2.26 bits per heavy atom. The Morgan fingerprint density at radius 1 is 1.63 bits per heavy atom. The molecule has 0 aliphatic carbocycles. The fraction of sp³-hybridized carbons (Fsp3) is 0.846. The summed E-state index contributed by atoms with van der Waals surface area (Å²) in [5.41, 5.74) is -1.37. The zero-order valence-electron chi connectivity index (χ0n) is 12.0. The molecule has 1 aliphatic heterocycles. The van der Waals surface area contributed by atoms with Gasteiger partial charge < -0.3 is 14.8 Å². The lowest BCUT2D eigenvalue weighted by atomic mass is 9.76. The minimum Gasteiger partial charge on any atom is -0.444 e. The summed E-state index contributed by atoms with van der Waals surface area (Å²) in [6.07, 6.45) is 0.453. The van der Waals surface area contributed by atoms with Crippen LogP contribution in [-0.2, 0) is 4.74 Å². The van der Waals surface area contributed by atoms with Gasteiger partial charge in [-0.15, -0.1) is 5.16 Å². The Bertz CT molecular complexity index is 354. The number of hydrogen-bond donors (Lipinski definition) is 1. The molecule has 1 rings (SSSR count). The Labute approximate surface area is 113 Å². The van der Waals surface area contributed by atoms with E-state index in [-0.39, 0.29) is 6.54 Å². The third kappa shape index (κ3) is 3.81. The molecule has 0 aromatic rings. The Balaban J connectivity index is 2.70. The summed E-state index contributed by atoms with van der Waals surface area (Å²) in [7, 11) is 0. The number of carbonyl (C=O) groups excluding carboxylic acids is 1. The molecule has 110 valence electrons. The van der Waals surface area contributed by atoms with Crippen LogP contribution in [0.25, 0.3) is 0 Å². The first-order valence-electron chi connectivity index (χ1n) is 6.54. The van der Waals surface area contributed by atoms with Crippen LogP contribution in [0.5, 0.6) is 0 Å². The lowest BCUT2D eigenvalue weighted by Crippen LogP contribution is -2.52. The van der Waals surface area contributed by atoms with Gasteiger partial charge in [-0.2, -0.15) is 0 Å². The summed E-state index contributed by atoms with van der Waals surface area (Å²) in [5, 5.41) is 11.6. The van der Waals surface area contributed by atoms with E-state index in [9.17, 15) is 9.18 Å². The lowest BCUT2D eigenvalue weighted by Gasteiger charge is -2.41. The number of amides is 1. The molecule has 19 heavy (non-hydrogen) atoms. The van der Waals surface area contributed by atoms with E-state index >= 15 is 0 Å². The van der Waals surface area contributed by atoms with Crippen LogP contribution in [0.4, 0.5) is 9.18 Å². The highest BCUT2D eigenvalue weighted by molar-refractivity contribution is 5.70. The fourth-order valence-corrected chi connectivity index (χ4v) is 2.21. The second-order valence-corrected chi connectivity index (χ2v) is 5.98. The number of likely N-dealkylation sites (tertiary alicyclic amines) is 1. The highest BCUT2D eigenvalue weighted by Crippen LogP contribution is 2.35. The number of rotatable bonds is 2. The number of alkyl halides is 1. The predicted molar refractivity (Wildman–Crippen MR) is 70.3 cm³/mol. The van der Waals surface area contributed by atoms with Crippen LogP contribution in [0.3, 0.4) is 0 Å². The highest BCUT2D eigenvalue weighted by atomic mass is 19.1. The molecule has 1 amide bonds. The van der Waals surface area contributed by atoms with Crippen molar-refractivity contribution in [2.24, 2.45) is 10.6 Å². The van der Waals surface area contributed by atoms with E-state index in [2.05, 4.69) is 5.16 Å². The molecule has 1 fully saturated rings. The van der Waals surface area contributed by atoms with Crippen molar-refractivity contribution in [2.45, 2.75) is 52.3 Å². The quantitative estimate of drug-likeness (QED) is 0.478. The maximum Gasteiger partial charge on any atom is 0.410 e. The van der Waals surface area contributed by atoms with Gasteiger partial charge >= 0.3 is 6.09 Å². The summed E-state index contributed by atoms with van der Waals surface area (Å²) in [6.45, 7) is 7.53. The van der Waals surface area contributed by atoms with Crippen LogP contribution < -0.4 is 0 Å². The molecule has 0 spiro atoms. The average molecular weight is 274 g/mol. The van der Waals surface area contributed by atoms with E-state index in [4.69, 9.17) is 9.94 Å². The standard InChI is InChI=1S/C13H23FN2O3/c1-5-13(9-15-18)6-7-16(8-10(13)14)11(17)19-12(2,3)4/h9-10,18H,5-8H2,1-4H3/b15-9+. The average Bonchev–Trinajstić information content (AvgIpc) is 2.29. The van der Waals surface area contributed by atoms with Crippen molar-refractivity contribution in [3.05, 3.63) is 0 Å². The van der Waals surface area contributed by atoms with Gasteiger partial charge in [0.2, 0.25) is 0 Å². The maximum absolute atomic E-state index is 14.3. The minimum atomic E-state index is -1.25. The van der Waals surface area contributed by atoms with Crippen LogP contribution in [0.15, 0.2) is 5.16 Å². The number of piperidine rings is 1. The van der Waals surface area contributed by atoms with Gasteiger partial charge in [0.1, 0.15) is 11.8 Å². The molecule has 0 aromatic carbocycles. The molecule has 5 nitrogen and oxygen atoms in total. The topological polar surface area (TPSA) is 62.1 Å². The second-order valence-electron chi connectivity index (χ2n) is 5.98. The number of halogens is 1. The minimum absolute atomic E-state index is 0.0330. The van der Waals surface area contributed by atoms with Gasteiger partial charge in [0, 0.05) is 12.0 Å². The fourth-order valence-electron chi connectivity index (χ4n) is 2.21. The van der Waals surface area contributed by atoms with Crippen molar-refractivity contribution in [1.82, 2.24) is 4.90 Å². The summed E-state index contributed by atoms with van der Waals surface area (Å²) in [5.74, 6) is 0. The normalized spacial score (nSPS) is 28.7. The Kier molecular flexibility index (Phi) is 4.76. The SMILES string of the molecule is CCC1(/C=N/O)CCN(C(=O)OC(C)(C)C)CC1F. The molecule has 1 heterocycles. The highest BCUT2D eigenvalue weighted by Gasteiger charge is 2.43.